The van der Waals surface area contributed by atoms with E-state index < -0.39 is 0 Å². The van der Waals surface area contributed by atoms with Crippen molar-refractivity contribution in [1.82, 2.24) is 4.90 Å². The van der Waals surface area contributed by atoms with E-state index in [1.165, 1.54) is 9.80 Å². The molecule has 0 aromatic heterocycles. The van der Waals surface area contributed by atoms with Crippen LogP contribution in [0.25, 0.3) is 0 Å². The number of carbonyl (C=O) groups excluding carboxylic acids is 2. The molecule has 0 radical (unpaired) electrons. The summed E-state index contributed by atoms with van der Waals surface area (Å²) in [5.41, 5.74) is 2.15. The van der Waals surface area contributed by atoms with Gasteiger partial charge in [0, 0.05) is 26.7 Å². The van der Waals surface area contributed by atoms with Crippen LogP contribution in [0.4, 0.5) is 10.5 Å². The van der Waals surface area contributed by atoms with Gasteiger partial charge in [0.25, 0.3) is 0 Å². The van der Waals surface area contributed by atoms with Crippen molar-refractivity contribution in [3.8, 4) is 0 Å². The Hall–Kier alpha value is -1.84. The van der Waals surface area contributed by atoms with Crippen LogP contribution < -0.4 is 4.90 Å². The Morgan fingerprint density at radius 2 is 1.88 bits per heavy atom. The number of urea groups is 1. The molecule has 4 nitrogen and oxygen atoms in total. The standard InChI is InChI=1S/C12H16N2O2/c1-9-5-6-11(10(7-9)8-15)14(4)12(16)13(2)3/h5-8H,1-4H3. The molecule has 0 saturated carbocycles. The van der Waals surface area contributed by atoms with Crippen molar-refractivity contribution < 1.29 is 9.59 Å². The average molecular weight is 220 g/mol. The smallest absolute Gasteiger partial charge is 0.323 e. The van der Waals surface area contributed by atoms with Crippen molar-refractivity contribution in [3.63, 3.8) is 0 Å². The fourth-order valence-corrected chi connectivity index (χ4v) is 1.48. The number of benzene rings is 1. The lowest BCUT2D eigenvalue weighted by atomic mass is 10.1. The Bertz CT molecular complexity index is 413. The zero-order chi connectivity index (χ0) is 12.3. The second-order valence-corrected chi connectivity index (χ2v) is 3.92. The van der Waals surface area contributed by atoms with E-state index >= 15 is 0 Å². The maximum atomic E-state index is 11.7. The number of hydrogen-bond donors (Lipinski definition) is 0. The van der Waals surface area contributed by atoms with Crippen LogP contribution in [0.2, 0.25) is 0 Å². The topological polar surface area (TPSA) is 40.6 Å². The summed E-state index contributed by atoms with van der Waals surface area (Å²) in [5, 5.41) is 0. The number of rotatable bonds is 2. The average Bonchev–Trinajstić information content (AvgIpc) is 2.26. The van der Waals surface area contributed by atoms with Gasteiger partial charge < -0.3 is 4.90 Å². The van der Waals surface area contributed by atoms with E-state index in [4.69, 9.17) is 0 Å². The van der Waals surface area contributed by atoms with E-state index in [1.54, 1.807) is 33.3 Å². The van der Waals surface area contributed by atoms with E-state index in [9.17, 15) is 9.59 Å². The van der Waals surface area contributed by atoms with Gasteiger partial charge in [-0.25, -0.2) is 4.79 Å². The van der Waals surface area contributed by atoms with Gasteiger partial charge in [0.15, 0.2) is 6.29 Å². The third-order valence-corrected chi connectivity index (χ3v) is 2.34. The van der Waals surface area contributed by atoms with Crippen LogP contribution in [0.3, 0.4) is 0 Å². The van der Waals surface area contributed by atoms with E-state index in [0.717, 1.165) is 11.8 Å². The molecular formula is C12H16N2O2. The number of amides is 2. The van der Waals surface area contributed by atoms with Gasteiger partial charge in [-0.15, -0.1) is 0 Å². The van der Waals surface area contributed by atoms with Crippen LogP contribution in [0.15, 0.2) is 18.2 Å². The fourth-order valence-electron chi connectivity index (χ4n) is 1.48. The van der Waals surface area contributed by atoms with E-state index in [1.807, 2.05) is 13.0 Å². The molecule has 0 atom stereocenters. The maximum Gasteiger partial charge on any atom is 0.323 e. The first-order valence-electron chi connectivity index (χ1n) is 4.98. The predicted octanol–water partition coefficient (Wildman–Crippen LogP) is 1.93. The number of aldehydes is 1. The first-order chi connectivity index (χ1) is 7.47. The minimum atomic E-state index is -0.160. The Morgan fingerprint density at radius 1 is 1.25 bits per heavy atom. The highest BCUT2D eigenvalue weighted by molar-refractivity contribution is 5.97. The Balaban J connectivity index is 3.13. The maximum absolute atomic E-state index is 11.7. The molecular weight excluding hydrogens is 204 g/mol. The summed E-state index contributed by atoms with van der Waals surface area (Å²) in [6.07, 6.45) is 0.766. The summed E-state index contributed by atoms with van der Waals surface area (Å²) < 4.78 is 0. The summed E-state index contributed by atoms with van der Waals surface area (Å²) in [5.74, 6) is 0. The molecule has 2 amide bonds. The Kier molecular flexibility index (Phi) is 3.66. The summed E-state index contributed by atoms with van der Waals surface area (Å²) in [6, 6.07) is 5.26. The molecule has 0 aliphatic rings. The molecule has 86 valence electrons. The minimum Gasteiger partial charge on any atom is -0.330 e. The van der Waals surface area contributed by atoms with Gasteiger partial charge in [0.2, 0.25) is 0 Å². The molecule has 0 aliphatic heterocycles. The first kappa shape index (κ1) is 12.2. The monoisotopic (exact) mass is 220 g/mol. The van der Waals surface area contributed by atoms with Crippen molar-refractivity contribution in [2.45, 2.75) is 6.92 Å². The number of carbonyl (C=O) groups is 2. The van der Waals surface area contributed by atoms with Gasteiger partial charge in [-0.3, -0.25) is 9.69 Å². The third-order valence-electron chi connectivity index (χ3n) is 2.34. The SMILES string of the molecule is Cc1ccc(N(C)C(=O)N(C)C)c(C=O)c1. The summed E-state index contributed by atoms with van der Waals surface area (Å²) in [6.45, 7) is 1.91. The van der Waals surface area contributed by atoms with Crippen molar-refractivity contribution in [2.75, 3.05) is 26.0 Å². The highest BCUT2D eigenvalue weighted by Crippen LogP contribution is 2.20. The molecule has 0 N–H and O–H groups in total. The Labute approximate surface area is 95.5 Å². The van der Waals surface area contributed by atoms with Gasteiger partial charge >= 0.3 is 6.03 Å². The molecule has 0 saturated heterocycles. The van der Waals surface area contributed by atoms with Crippen molar-refractivity contribution in [3.05, 3.63) is 29.3 Å². The van der Waals surface area contributed by atoms with Crippen molar-refractivity contribution in [2.24, 2.45) is 0 Å². The molecule has 1 aromatic rings. The molecule has 0 aliphatic carbocycles. The van der Waals surface area contributed by atoms with Crippen molar-refractivity contribution >= 4 is 18.0 Å². The van der Waals surface area contributed by atoms with Crippen LogP contribution in [-0.4, -0.2) is 38.4 Å². The van der Waals surface area contributed by atoms with Crippen LogP contribution in [-0.2, 0) is 0 Å². The molecule has 4 heteroatoms. The van der Waals surface area contributed by atoms with Crippen molar-refractivity contribution in [1.29, 1.82) is 0 Å². The van der Waals surface area contributed by atoms with Gasteiger partial charge in [-0.2, -0.15) is 0 Å². The van der Waals surface area contributed by atoms with Crippen LogP contribution >= 0.6 is 0 Å². The molecule has 0 spiro atoms. The first-order valence-corrected chi connectivity index (χ1v) is 4.98. The van der Waals surface area contributed by atoms with Crippen LogP contribution in [0, 0.1) is 6.92 Å². The summed E-state index contributed by atoms with van der Waals surface area (Å²) in [4.78, 5) is 25.6. The lowest BCUT2D eigenvalue weighted by molar-refractivity contribution is 0.112. The molecule has 0 heterocycles. The van der Waals surface area contributed by atoms with E-state index in [-0.39, 0.29) is 6.03 Å². The lowest BCUT2D eigenvalue weighted by Crippen LogP contribution is -2.36. The largest absolute Gasteiger partial charge is 0.330 e. The van der Waals surface area contributed by atoms with Gasteiger partial charge in [-0.1, -0.05) is 11.6 Å². The molecule has 0 fully saturated rings. The van der Waals surface area contributed by atoms with E-state index in [0.29, 0.717) is 11.3 Å². The molecule has 1 rings (SSSR count). The fraction of sp³-hybridized carbons (Fsp3) is 0.333. The summed E-state index contributed by atoms with van der Waals surface area (Å²) >= 11 is 0. The number of hydrogen-bond acceptors (Lipinski definition) is 2. The molecule has 0 bridgehead atoms. The van der Waals surface area contributed by atoms with Gasteiger partial charge in [0.05, 0.1) is 5.69 Å². The highest BCUT2D eigenvalue weighted by Gasteiger charge is 2.15. The van der Waals surface area contributed by atoms with Gasteiger partial charge in [0.1, 0.15) is 0 Å². The van der Waals surface area contributed by atoms with Crippen LogP contribution in [0.5, 0.6) is 0 Å². The summed E-state index contributed by atoms with van der Waals surface area (Å²) in [7, 11) is 5.00. The second kappa shape index (κ2) is 4.79. The quantitative estimate of drug-likeness (QED) is 0.714. The lowest BCUT2D eigenvalue weighted by Gasteiger charge is -2.23. The third kappa shape index (κ3) is 2.39. The number of aryl methyl sites for hydroxylation is 1. The van der Waals surface area contributed by atoms with E-state index in [2.05, 4.69) is 0 Å². The molecule has 16 heavy (non-hydrogen) atoms. The normalized spacial score (nSPS) is 9.75. The second-order valence-electron chi connectivity index (χ2n) is 3.92. The highest BCUT2D eigenvalue weighted by atomic mass is 16.2. The Morgan fingerprint density at radius 3 is 2.38 bits per heavy atom. The number of anilines is 1. The molecule has 0 unspecified atom stereocenters. The van der Waals surface area contributed by atoms with Crippen LogP contribution in [0.1, 0.15) is 15.9 Å². The zero-order valence-corrected chi connectivity index (χ0v) is 10.0. The molecule has 1 aromatic carbocycles. The predicted molar refractivity (Wildman–Crippen MR) is 64.1 cm³/mol. The minimum absolute atomic E-state index is 0.160. The van der Waals surface area contributed by atoms with Gasteiger partial charge in [-0.05, 0) is 19.1 Å². The number of nitrogens with zero attached hydrogens (tertiary/aromatic N) is 2. The zero-order valence-electron chi connectivity index (χ0n) is 10.0.